The van der Waals surface area contributed by atoms with Crippen LogP contribution in [0.1, 0.15) is 49.3 Å². The van der Waals surface area contributed by atoms with Crippen LogP contribution in [0.2, 0.25) is 0 Å². The number of nitrogens with one attached hydrogen (secondary N) is 1. The van der Waals surface area contributed by atoms with Gasteiger partial charge in [-0.3, -0.25) is 4.79 Å². The summed E-state index contributed by atoms with van der Waals surface area (Å²) in [7, 11) is 0. The Morgan fingerprint density at radius 3 is 2.83 bits per heavy atom. The van der Waals surface area contributed by atoms with Crippen LogP contribution in [0.15, 0.2) is 18.2 Å². The molecular formula is C18H21NO4. The molecule has 1 spiro atoms. The van der Waals surface area contributed by atoms with Gasteiger partial charge < -0.3 is 15.2 Å². The number of carbonyl (C=O) groups excluding carboxylic acids is 1. The molecule has 5 nitrogen and oxygen atoms in total. The van der Waals surface area contributed by atoms with Crippen LogP contribution >= 0.6 is 0 Å². The van der Waals surface area contributed by atoms with Gasteiger partial charge in [0.25, 0.3) is 0 Å². The van der Waals surface area contributed by atoms with Gasteiger partial charge in [0.1, 0.15) is 5.75 Å². The van der Waals surface area contributed by atoms with Gasteiger partial charge >= 0.3 is 5.97 Å². The summed E-state index contributed by atoms with van der Waals surface area (Å²) in [5.74, 6) is -0.296. The second kappa shape index (κ2) is 5.25. The lowest BCUT2D eigenvalue weighted by atomic mass is 10.00. The lowest BCUT2D eigenvalue weighted by molar-refractivity contribution is -0.142. The van der Waals surface area contributed by atoms with Crippen LogP contribution < -0.4 is 10.1 Å². The van der Waals surface area contributed by atoms with Gasteiger partial charge in [0.2, 0.25) is 5.91 Å². The minimum absolute atomic E-state index is 0.00427. The highest BCUT2D eigenvalue weighted by molar-refractivity contribution is 5.88. The van der Waals surface area contributed by atoms with Crippen molar-refractivity contribution in [3.63, 3.8) is 0 Å². The predicted octanol–water partition coefficient (Wildman–Crippen LogP) is 2.44. The minimum atomic E-state index is -1.02. The zero-order valence-electron chi connectivity index (χ0n) is 13.0. The van der Waals surface area contributed by atoms with Crippen molar-refractivity contribution in [1.82, 2.24) is 5.32 Å². The second-order valence-corrected chi connectivity index (χ2v) is 7.07. The molecule has 5 heteroatoms. The number of ether oxygens (including phenoxy) is 1. The van der Waals surface area contributed by atoms with Crippen molar-refractivity contribution in [2.75, 3.05) is 6.61 Å². The van der Waals surface area contributed by atoms with E-state index >= 15 is 0 Å². The lowest BCUT2D eigenvalue weighted by Gasteiger charge is -2.17. The molecule has 0 bridgehead atoms. The second-order valence-electron chi connectivity index (χ2n) is 7.07. The van der Waals surface area contributed by atoms with Gasteiger partial charge in [-0.05, 0) is 47.9 Å². The average molecular weight is 315 g/mol. The largest absolute Gasteiger partial charge is 0.493 e. The third-order valence-corrected chi connectivity index (χ3v) is 5.69. The average Bonchev–Trinajstić information content (AvgIpc) is 2.89. The van der Waals surface area contributed by atoms with E-state index in [-0.39, 0.29) is 17.2 Å². The van der Waals surface area contributed by atoms with Crippen molar-refractivity contribution in [1.29, 1.82) is 0 Å². The van der Waals surface area contributed by atoms with E-state index in [1.54, 1.807) is 12.1 Å². The first kappa shape index (κ1) is 14.5. The molecule has 0 radical (unpaired) electrons. The normalized spacial score (nSPS) is 24.8. The highest BCUT2D eigenvalue weighted by atomic mass is 16.5. The van der Waals surface area contributed by atoms with Crippen molar-refractivity contribution in [3.8, 4) is 5.75 Å². The number of benzene rings is 1. The molecule has 4 rings (SSSR count). The van der Waals surface area contributed by atoms with Crippen LogP contribution in [0, 0.1) is 11.3 Å². The van der Waals surface area contributed by atoms with Crippen molar-refractivity contribution in [3.05, 3.63) is 29.3 Å². The van der Waals surface area contributed by atoms with E-state index < -0.39 is 12.0 Å². The van der Waals surface area contributed by atoms with Gasteiger partial charge in [-0.1, -0.05) is 18.9 Å². The first-order valence-electron chi connectivity index (χ1n) is 8.38. The number of carbonyl (C=O) groups is 2. The van der Waals surface area contributed by atoms with Gasteiger partial charge in [0.05, 0.1) is 6.61 Å². The van der Waals surface area contributed by atoms with E-state index in [2.05, 4.69) is 5.32 Å². The molecule has 1 aromatic carbocycles. The zero-order chi connectivity index (χ0) is 16.0. The van der Waals surface area contributed by atoms with Gasteiger partial charge in [-0.25, -0.2) is 4.79 Å². The summed E-state index contributed by atoms with van der Waals surface area (Å²) in [4.78, 5) is 24.1. The summed E-state index contributed by atoms with van der Waals surface area (Å²) in [6, 6.07) is 4.41. The highest BCUT2D eigenvalue weighted by Crippen LogP contribution is 2.62. The van der Waals surface area contributed by atoms with E-state index in [1.165, 1.54) is 12.8 Å². The van der Waals surface area contributed by atoms with Crippen molar-refractivity contribution in [2.45, 2.75) is 44.6 Å². The van der Waals surface area contributed by atoms with Crippen LogP contribution in [0.4, 0.5) is 0 Å². The van der Waals surface area contributed by atoms with E-state index in [0.717, 1.165) is 37.0 Å². The summed E-state index contributed by atoms with van der Waals surface area (Å²) in [6.45, 7) is 0.632. The molecule has 2 N–H and O–H groups in total. The van der Waals surface area contributed by atoms with Crippen molar-refractivity contribution >= 4 is 11.9 Å². The molecule has 0 saturated heterocycles. The summed E-state index contributed by atoms with van der Waals surface area (Å²) in [6.07, 6.45) is 6.31. The number of carboxylic acid groups (broad SMARTS) is 1. The van der Waals surface area contributed by atoms with Crippen LogP contribution in [-0.4, -0.2) is 23.6 Å². The molecule has 1 aromatic rings. The fraction of sp³-hybridized carbons (Fsp3) is 0.556. The van der Waals surface area contributed by atoms with Gasteiger partial charge in [0, 0.05) is 12.3 Å². The Morgan fingerprint density at radius 2 is 2.09 bits per heavy atom. The molecule has 0 aromatic heterocycles. The molecule has 23 heavy (non-hydrogen) atoms. The predicted molar refractivity (Wildman–Crippen MR) is 83.2 cm³/mol. The summed E-state index contributed by atoms with van der Waals surface area (Å²) in [5.41, 5.74) is 1.82. The molecule has 2 atom stereocenters. The number of hydrogen-bond acceptors (Lipinski definition) is 3. The number of fused-ring (bicyclic) bond motifs is 1. The maximum absolute atomic E-state index is 12.5. The fourth-order valence-electron chi connectivity index (χ4n) is 4.27. The van der Waals surface area contributed by atoms with Gasteiger partial charge in [-0.2, -0.15) is 0 Å². The SMILES string of the molecule is O=C(O)C(NC(=O)C1CC12CCCC2)c1ccc2c(c1)CCO2. The van der Waals surface area contributed by atoms with Crippen LogP contribution in [0.3, 0.4) is 0 Å². The molecule has 3 aliphatic rings. The summed E-state index contributed by atoms with van der Waals surface area (Å²) < 4.78 is 5.45. The molecule has 1 aliphatic heterocycles. The third kappa shape index (κ3) is 2.48. The number of rotatable bonds is 4. The molecule has 122 valence electrons. The lowest BCUT2D eigenvalue weighted by Crippen LogP contribution is -2.35. The van der Waals surface area contributed by atoms with Crippen LogP contribution in [0.5, 0.6) is 5.75 Å². The maximum atomic E-state index is 12.5. The van der Waals surface area contributed by atoms with Gasteiger partial charge in [-0.15, -0.1) is 0 Å². The Bertz CT molecular complexity index is 663. The fourth-order valence-corrected chi connectivity index (χ4v) is 4.27. The standard InChI is InChI=1S/C18H21NO4/c20-16(13-10-18(13)6-1-2-7-18)19-15(17(21)22)12-3-4-14-11(9-12)5-8-23-14/h3-4,9,13,15H,1-2,5-8,10H2,(H,19,20)(H,21,22). The monoisotopic (exact) mass is 315 g/mol. The number of amides is 1. The van der Waals surface area contributed by atoms with Crippen LogP contribution in [-0.2, 0) is 16.0 Å². The quantitative estimate of drug-likeness (QED) is 0.895. The Hall–Kier alpha value is -2.04. The molecule has 2 aliphatic carbocycles. The minimum Gasteiger partial charge on any atom is -0.493 e. The summed E-state index contributed by atoms with van der Waals surface area (Å²) >= 11 is 0. The van der Waals surface area contributed by atoms with E-state index in [1.807, 2.05) is 6.07 Å². The Balaban J connectivity index is 1.50. The topological polar surface area (TPSA) is 75.6 Å². The van der Waals surface area contributed by atoms with E-state index in [0.29, 0.717) is 12.2 Å². The third-order valence-electron chi connectivity index (χ3n) is 5.69. The van der Waals surface area contributed by atoms with E-state index in [4.69, 9.17) is 4.74 Å². The van der Waals surface area contributed by atoms with Crippen molar-refractivity contribution in [2.24, 2.45) is 11.3 Å². The number of hydrogen-bond donors (Lipinski definition) is 2. The highest BCUT2D eigenvalue weighted by Gasteiger charge is 2.58. The van der Waals surface area contributed by atoms with E-state index in [9.17, 15) is 14.7 Å². The smallest absolute Gasteiger partial charge is 0.330 e. The molecule has 2 unspecified atom stereocenters. The molecular weight excluding hydrogens is 294 g/mol. The molecule has 1 amide bonds. The Kier molecular flexibility index (Phi) is 3.32. The maximum Gasteiger partial charge on any atom is 0.330 e. The number of aliphatic carboxylic acids is 1. The zero-order valence-corrected chi connectivity index (χ0v) is 13.0. The first-order valence-corrected chi connectivity index (χ1v) is 8.38. The Morgan fingerprint density at radius 1 is 1.30 bits per heavy atom. The molecule has 2 fully saturated rings. The molecule has 2 saturated carbocycles. The molecule has 1 heterocycles. The first-order chi connectivity index (χ1) is 11.1. The van der Waals surface area contributed by atoms with Crippen molar-refractivity contribution < 1.29 is 19.4 Å². The van der Waals surface area contributed by atoms with Crippen LogP contribution in [0.25, 0.3) is 0 Å². The Labute approximate surface area is 135 Å². The summed E-state index contributed by atoms with van der Waals surface area (Å²) in [5, 5.41) is 12.3. The van der Waals surface area contributed by atoms with Gasteiger partial charge in [0.15, 0.2) is 6.04 Å². The number of carboxylic acids is 1.